The van der Waals surface area contributed by atoms with Gasteiger partial charge < -0.3 is 4.57 Å². The average molecular weight is 546 g/mol. The quantitative estimate of drug-likeness (QED) is 0.180. The van der Waals surface area contributed by atoms with Crippen molar-refractivity contribution >= 4 is 33.5 Å². The Hall–Kier alpha value is -4.80. The van der Waals surface area contributed by atoms with Crippen LogP contribution in [-0.2, 0) is 13.0 Å². The number of imidazole rings is 1. The number of nitrogens with zero attached hydrogens (tertiary/aromatic N) is 8. The fourth-order valence-electron chi connectivity index (χ4n) is 4.75. The summed E-state index contributed by atoms with van der Waals surface area (Å²) in [7, 11) is 0. The lowest BCUT2D eigenvalue weighted by Crippen LogP contribution is -2.06. The number of nitriles is 2. The Balaban J connectivity index is 1.52. The monoisotopic (exact) mass is 545 g/mol. The van der Waals surface area contributed by atoms with Gasteiger partial charge >= 0.3 is 0 Å². The molecule has 0 spiro atoms. The summed E-state index contributed by atoms with van der Waals surface area (Å²) >= 11 is 1.32. The lowest BCUT2D eigenvalue weighted by Gasteiger charge is -2.12. The Morgan fingerprint density at radius 3 is 2.48 bits per heavy atom. The minimum absolute atomic E-state index is 0.486. The van der Waals surface area contributed by atoms with Gasteiger partial charge in [0.05, 0.1) is 28.9 Å². The molecule has 2 heterocycles. The predicted molar refractivity (Wildman–Crippen MR) is 158 cm³/mol. The van der Waals surface area contributed by atoms with Crippen molar-refractivity contribution in [3.8, 4) is 34.7 Å². The van der Waals surface area contributed by atoms with E-state index in [1.165, 1.54) is 11.8 Å². The van der Waals surface area contributed by atoms with Gasteiger partial charge in [0.2, 0.25) is 5.82 Å². The highest BCUT2D eigenvalue weighted by atomic mass is 32.2. The van der Waals surface area contributed by atoms with Crippen LogP contribution in [0.5, 0.6) is 0 Å². The molecule has 0 bridgehead atoms. The molecule has 0 aliphatic carbocycles. The molecule has 40 heavy (non-hydrogen) atoms. The van der Waals surface area contributed by atoms with E-state index < -0.39 is 5.92 Å². The number of thioether (sulfide) groups is 1. The molecule has 0 aliphatic heterocycles. The maximum atomic E-state index is 9.37. The maximum absolute atomic E-state index is 9.37. The molecule has 1 N–H and O–H groups in total. The number of aliphatic imine (C=N–C) groups is 1. The summed E-state index contributed by atoms with van der Waals surface area (Å²) < 4.78 is 2.25. The van der Waals surface area contributed by atoms with Crippen LogP contribution in [0.4, 0.5) is 5.69 Å². The number of aromatic nitrogens is 6. The van der Waals surface area contributed by atoms with Crippen molar-refractivity contribution < 1.29 is 0 Å². The first-order chi connectivity index (χ1) is 19.6. The van der Waals surface area contributed by atoms with Crippen molar-refractivity contribution in [1.29, 1.82) is 10.5 Å². The van der Waals surface area contributed by atoms with Gasteiger partial charge in [0.15, 0.2) is 5.92 Å². The van der Waals surface area contributed by atoms with E-state index in [2.05, 4.69) is 67.4 Å². The fraction of sp³-hybridized carbons (Fsp3) is 0.233. The number of tetrazole rings is 1. The van der Waals surface area contributed by atoms with Gasteiger partial charge in [0, 0.05) is 18.5 Å². The minimum Gasteiger partial charge on any atom is -0.323 e. The fourth-order valence-corrected chi connectivity index (χ4v) is 5.29. The van der Waals surface area contributed by atoms with Crippen molar-refractivity contribution in [2.45, 2.75) is 33.2 Å². The largest absolute Gasteiger partial charge is 0.323 e. The summed E-state index contributed by atoms with van der Waals surface area (Å²) in [5.74, 6) is 0.684. The topological polar surface area (TPSA) is 132 Å². The zero-order chi connectivity index (χ0) is 28.1. The van der Waals surface area contributed by atoms with Crippen LogP contribution >= 0.6 is 11.8 Å². The van der Waals surface area contributed by atoms with Crippen LogP contribution in [0.15, 0.2) is 65.7 Å². The second kappa shape index (κ2) is 11.9. The molecule has 5 rings (SSSR count). The second-order valence-electron chi connectivity index (χ2n) is 9.32. The van der Waals surface area contributed by atoms with Gasteiger partial charge in [0.25, 0.3) is 0 Å². The van der Waals surface area contributed by atoms with E-state index in [0.29, 0.717) is 23.1 Å². The molecular weight excluding hydrogens is 518 g/mol. The number of rotatable bonds is 8. The number of hydrogen-bond acceptors (Lipinski definition) is 8. The number of hydrogen-bond donors (Lipinski definition) is 1. The third kappa shape index (κ3) is 5.35. The summed E-state index contributed by atoms with van der Waals surface area (Å²) in [5.41, 5.74) is 7.80. The van der Waals surface area contributed by atoms with Crippen LogP contribution < -0.4 is 0 Å². The number of nitrogens with one attached hydrogen (secondary N) is 1. The molecule has 0 saturated heterocycles. The number of benzene rings is 3. The van der Waals surface area contributed by atoms with Gasteiger partial charge in [-0.3, -0.25) is 0 Å². The van der Waals surface area contributed by atoms with E-state index in [-0.39, 0.29) is 0 Å². The van der Waals surface area contributed by atoms with E-state index in [1.807, 2.05) is 55.6 Å². The van der Waals surface area contributed by atoms with Crippen LogP contribution in [-0.4, -0.2) is 41.5 Å². The normalized spacial score (nSPS) is 11.6. The molecular formula is C30H27N9S. The molecule has 0 atom stereocenters. The second-order valence-corrected chi connectivity index (χ2v) is 10.1. The summed E-state index contributed by atoms with van der Waals surface area (Å²) in [5, 5.41) is 33.8. The first-order valence-corrected chi connectivity index (χ1v) is 14.1. The van der Waals surface area contributed by atoms with Gasteiger partial charge in [-0.1, -0.05) is 55.5 Å². The van der Waals surface area contributed by atoms with E-state index in [0.717, 1.165) is 57.5 Å². The third-order valence-corrected chi connectivity index (χ3v) is 7.40. The van der Waals surface area contributed by atoms with E-state index in [1.54, 1.807) is 0 Å². The van der Waals surface area contributed by atoms with Crippen molar-refractivity contribution in [3.63, 3.8) is 0 Å². The number of aromatic amines is 1. The van der Waals surface area contributed by atoms with E-state index in [9.17, 15) is 10.5 Å². The number of fused-ring (bicyclic) bond motifs is 1. The van der Waals surface area contributed by atoms with Gasteiger partial charge in [-0.15, -0.1) is 22.0 Å². The lowest BCUT2D eigenvalue weighted by atomic mass is 9.98. The molecule has 5 aromatic rings. The van der Waals surface area contributed by atoms with Gasteiger partial charge in [-0.2, -0.15) is 15.7 Å². The van der Waals surface area contributed by atoms with Gasteiger partial charge in [0.1, 0.15) is 10.9 Å². The van der Waals surface area contributed by atoms with E-state index >= 15 is 0 Å². The molecule has 2 aromatic heterocycles. The molecule has 0 saturated carbocycles. The van der Waals surface area contributed by atoms with Crippen molar-refractivity contribution in [3.05, 3.63) is 77.6 Å². The lowest BCUT2D eigenvalue weighted by molar-refractivity contribution is 0.722. The van der Waals surface area contributed by atoms with Crippen molar-refractivity contribution in [2.24, 2.45) is 10.9 Å². The van der Waals surface area contributed by atoms with Gasteiger partial charge in [-0.05, 0) is 59.2 Å². The van der Waals surface area contributed by atoms with Crippen LogP contribution in [0.1, 0.15) is 30.3 Å². The van der Waals surface area contributed by atoms with Crippen LogP contribution in [0, 0.1) is 35.5 Å². The molecule has 198 valence electrons. The summed E-state index contributed by atoms with van der Waals surface area (Å²) in [6.45, 7) is 4.83. The molecule has 0 aliphatic rings. The highest BCUT2D eigenvalue weighted by Crippen LogP contribution is 2.31. The Bertz CT molecular complexity index is 1740. The molecule has 0 amide bonds. The molecule has 10 heteroatoms. The van der Waals surface area contributed by atoms with Crippen molar-refractivity contribution in [1.82, 2.24) is 30.2 Å². The van der Waals surface area contributed by atoms with Crippen LogP contribution in [0.2, 0.25) is 0 Å². The minimum atomic E-state index is -0.893. The van der Waals surface area contributed by atoms with Gasteiger partial charge in [-0.25, -0.2) is 9.98 Å². The SMILES string of the molecule is CCCc1nc2c(C)cc(N=C(SC)C(C#N)C#N)cc2n1Cc1ccc(-c2ccccc2-c2nn[nH]n2)cc1. The molecule has 0 unspecified atom stereocenters. The summed E-state index contributed by atoms with van der Waals surface area (Å²) in [6.07, 6.45) is 3.66. The number of aryl methyl sites for hydroxylation is 2. The Morgan fingerprint density at radius 1 is 1.07 bits per heavy atom. The Kier molecular flexibility index (Phi) is 7.99. The first-order valence-electron chi connectivity index (χ1n) is 12.9. The van der Waals surface area contributed by atoms with E-state index in [4.69, 9.17) is 4.98 Å². The smallest absolute Gasteiger partial charge is 0.205 e. The highest BCUT2D eigenvalue weighted by molar-refractivity contribution is 8.13. The standard InChI is InChI=1S/C30H27N9S/c1-4-7-27-34-28-19(2)14-23(33-30(40-3)22(16-31)17-32)15-26(28)39(27)18-20-10-12-21(13-11-20)24-8-5-6-9-25(24)29-35-37-38-36-29/h5-6,8-15,22H,4,7,18H2,1-3H3,(H,35,36,37,38). The molecule has 0 fully saturated rings. The Labute approximate surface area is 236 Å². The number of H-pyrrole nitrogens is 1. The summed E-state index contributed by atoms with van der Waals surface area (Å²) in [6, 6.07) is 24.5. The maximum Gasteiger partial charge on any atom is 0.205 e. The zero-order valence-electron chi connectivity index (χ0n) is 22.5. The van der Waals surface area contributed by atoms with Crippen LogP contribution in [0.3, 0.4) is 0 Å². The zero-order valence-corrected chi connectivity index (χ0v) is 23.3. The summed E-state index contributed by atoms with van der Waals surface area (Å²) in [4.78, 5) is 9.68. The third-order valence-electron chi connectivity index (χ3n) is 6.65. The highest BCUT2D eigenvalue weighted by Gasteiger charge is 2.17. The van der Waals surface area contributed by atoms with Crippen LogP contribution in [0.25, 0.3) is 33.5 Å². The molecule has 3 aromatic carbocycles. The first kappa shape index (κ1) is 26.8. The van der Waals surface area contributed by atoms with Crippen molar-refractivity contribution in [2.75, 3.05) is 6.26 Å². The molecule has 9 nitrogen and oxygen atoms in total. The average Bonchev–Trinajstić information content (AvgIpc) is 3.63. The Morgan fingerprint density at radius 2 is 1.82 bits per heavy atom. The molecule has 0 radical (unpaired) electrons. The predicted octanol–water partition coefficient (Wildman–Crippen LogP) is 6.25.